The molecule has 28 heavy (non-hydrogen) atoms. The third-order valence-corrected chi connectivity index (χ3v) is 5.10. The predicted molar refractivity (Wildman–Crippen MR) is 108 cm³/mol. The lowest BCUT2D eigenvalue weighted by atomic mass is 9.83. The number of anilines is 2. The molecule has 0 aliphatic heterocycles. The Bertz CT molecular complexity index is 1160. The minimum Gasteiger partial charge on any atom is -0.506 e. The van der Waals surface area contributed by atoms with Crippen molar-refractivity contribution in [2.75, 3.05) is 10.6 Å². The normalized spacial score (nSPS) is 12.2. The lowest BCUT2D eigenvalue weighted by molar-refractivity contribution is 0.0979. The number of carbonyl (C=O) groups excluding carboxylic acids is 3. The number of para-hydroxylation sites is 1. The van der Waals surface area contributed by atoms with E-state index < -0.39 is 6.03 Å². The smallest absolute Gasteiger partial charge is 0.323 e. The third kappa shape index (κ3) is 3.05. The lowest BCUT2D eigenvalue weighted by Gasteiger charge is -2.19. The predicted octanol–water partition coefficient (Wildman–Crippen LogP) is 4.57. The van der Waals surface area contributed by atoms with Crippen LogP contribution < -0.4 is 10.6 Å². The summed E-state index contributed by atoms with van der Waals surface area (Å²) in [6, 6.07) is 15.5. The molecule has 1 aliphatic carbocycles. The van der Waals surface area contributed by atoms with Crippen LogP contribution in [0.1, 0.15) is 31.8 Å². The van der Waals surface area contributed by atoms with Gasteiger partial charge in [0.15, 0.2) is 11.6 Å². The van der Waals surface area contributed by atoms with E-state index in [4.69, 9.17) is 0 Å². The Balaban J connectivity index is 1.65. The van der Waals surface area contributed by atoms with E-state index in [0.29, 0.717) is 21.3 Å². The number of aromatic hydroxyl groups is 1. The molecule has 138 valence electrons. The van der Waals surface area contributed by atoms with Crippen molar-refractivity contribution in [1.82, 2.24) is 0 Å². The molecule has 2 amide bonds. The molecule has 7 heteroatoms. The van der Waals surface area contributed by atoms with Crippen LogP contribution in [0.3, 0.4) is 0 Å². The molecule has 0 bridgehead atoms. The van der Waals surface area contributed by atoms with Crippen molar-refractivity contribution < 1.29 is 19.5 Å². The van der Waals surface area contributed by atoms with E-state index in [2.05, 4.69) is 26.6 Å². The molecule has 0 unspecified atom stereocenters. The van der Waals surface area contributed by atoms with E-state index in [1.165, 1.54) is 12.1 Å². The molecule has 0 fully saturated rings. The van der Waals surface area contributed by atoms with E-state index in [-0.39, 0.29) is 34.1 Å². The Labute approximate surface area is 168 Å². The summed E-state index contributed by atoms with van der Waals surface area (Å²) in [7, 11) is 0. The van der Waals surface area contributed by atoms with Gasteiger partial charge in [0.05, 0.1) is 11.4 Å². The number of hydrogen-bond donors (Lipinski definition) is 3. The van der Waals surface area contributed by atoms with Crippen molar-refractivity contribution in [1.29, 1.82) is 0 Å². The van der Waals surface area contributed by atoms with Gasteiger partial charge in [-0.1, -0.05) is 36.4 Å². The number of benzene rings is 3. The average molecular weight is 437 g/mol. The first-order chi connectivity index (χ1) is 13.5. The van der Waals surface area contributed by atoms with Gasteiger partial charge in [0.2, 0.25) is 0 Å². The number of urea groups is 1. The van der Waals surface area contributed by atoms with Crippen LogP contribution in [-0.4, -0.2) is 22.7 Å². The second-order valence-electron chi connectivity index (χ2n) is 6.18. The third-order valence-electron chi connectivity index (χ3n) is 4.41. The van der Waals surface area contributed by atoms with E-state index in [1.807, 2.05) is 6.07 Å². The SMILES string of the molecule is O=C(Nc1cc2c(cc1O)C(=O)c1ccccc1C2=O)Nc1ccccc1Br. The van der Waals surface area contributed by atoms with E-state index in [0.717, 1.165) is 0 Å². The number of phenolic OH excluding ortho intramolecular Hbond substituents is 1. The van der Waals surface area contributed by atoms with E-state index in [1.54, 1.807) is 42.5 Å². The van der Waals surface area contributed by atoms with Gasteiger partial charge in [-0.2, -0.15) is 0 Å². The molecule has 1 aliphatic rings. The highest BCUT2D eigenvalue weighted by Gasteiger charge is 2.30. The second kappa shape index (κ2) is 6.94. The number of ketones is 2. The van der Waals surface area contributed by atoms with Crippen molar-refractivity contribution in [3.05, 3.63) is 87.4 Å². The van der Waals surface area contributed by atoms with Crippen LogP contribution in [0.15, 0.2) is 65.1 Å². The summed E-state index contributed by atoms with van der Waals surface area (Å²) in [5.41, 5.74) is 1.42. The molecule has 3 N–H and O–H groups in total. The topological polar surface area (TPSA) is 95.5 Å². The van der Waals surface area contributed by atoms with Gasteiger partial charge in [-0.25, -0.2) is 4.79 Å². The molecule has 3 aromatic rings. The average Bonchev–Trinajstić information content (AvgIpc) is 2.69. The molecule has 6 nitrogen and oxygen atoms in total. The van der Waals surface area contributed by atoms with Gasteiger partial charge < -0.3 is 15.7 Å². The monoisotopic (exact) mass is 436 g/mol. The maximum atomic E-state index is 12.8. The number of amides is 2. The fraction of sp³-hybridized carbons (Fsp3) is 0. The Kier molecular flexibility index (Phi) is 4.44. The van der Waals surface area contributed by atoms with Crippen molar-refractivity contribution in [3.8, 4) is 5.75 Å². The van der Waals surface area contributed by atoms with Crippen LogP contribution in [0.25, 0.3) is 0 Å². The zero-order valence-corrected chi connectivity index (χ0v) is 15.9. The van der Waals surface area contributed by atoms with Gasteiger partial charge >= 0.3 is 6.03 Å². The van der Waals surface area contributed by atoms with Crippen LogP contribution >= 0.6 is 15.9 Å². The van der Waals surface area contributed by atoms with Gasteiger partial charge in [0.25, 0.3) is 0 Å². The van der Waals surface area contributed by atoms with Crippen molar-refractivity contribution in [3.63, 3.8) is 0 Å². The van der Waals surface area contributed by atoms with Crippen LogP contribution in [0, 0.1) is 0 Å². The van der Waals surface area contributed by atoms with Gasteiger partial charge in [-0.15, -0.1) is 0 Å². The number of halogens is 1. The first kappa shape index (κ1) is 17.9. The summed E-state index contributed by atoms with van der Waals surface area (Å²) in [6.45, 7) is 0. The van der Waals surface area contributed by atoms with Crippen molar-refractivity contribution in [2.45, 2.75) is 0 Å². The highest BCUT2D eigenvalue weighted by molar-refractivity contribution is 9.10. The summed E-state index contributed by atoms with van der Waals surface area (Å²) in [5.74, 6) is -0.981. The Morgan fingerprint density at radius 2 is 1.29 bits per heavy atom. The molecule has 0 saturated heterocycles. The summed E-state index contributed by atoms with van der Waals surface area (Å²) >= 11 is 3.33. The van der Waals surface area contributed by atoms with Crippen LogP contribution in [0.4, 0.5) is 16.2 Å². The van der Waals surface area contributed by atoms with Gasteiger partial charge in [0.1, 0.15) is 5.75 Å². The second-order valence-corrected chi connectivity index (χ2v) is 7.03. The van der Waals surface area contributed by atoms with Crippen molar-refractivity contribution >= 4 is 44.9 Å². The van der Waals surface area contributed by atoms with Crippen LogP contribution in [0.2, 0.25) is 0 Å². The fourth-order valence-electron chi connectivity index (χ4n) is 3.07. The maximum Gasteiger partial charge on any atom is 0.323 e. The lowest BCUT2D eigenvalue weighted by Crippen LogP contribution is -2.23. The Hall–Kier alpha value is -3.45. The van der Waals surface area contributed by atoms with Crippen LogP contribution in [0.5, 0.6) is 5.75 Å². The number of phenols is 1. The largest absolute Gasteiger partial charge is 0.506 e. The van der Waals surface area contributed by atoms with E-state index >= 15 is 0 Å². The highest BCUT2D eigenvalue weighted by Crippen LogP contribution is 2.34. The first-order valence-electron chi connectivity index (χ1n) is 8.33. The number of rotatable bonds is 2. The molecule has 0 spiro atoms. The molecule has 0 atom stereocenters. The molecule has 4 rings (SSSR count). The minimum absolute atomic E-state index is 0.0313. The number of nitrogens with one attached hydrogen (secondary N) is 2. The fourth-order valence-corrected chi connectivity index (χ4v) is 3.46. The Morgan fingerprint density at radius 3 is 1.93 bits per heavy atom. The molecule has 3 aromatic carbocycles. The summed E-state index contributed by atoms with van der Waals surface area (Å²) in [4.78, 5) is 37.7. The first-order valence-corrected chi connectivity index (χ1v) is 9.13. The maximum absolute atomic E-state index is 12.8. The number of carbonyl (C=O) groups is 3. The van der Waals surface area contributed by atoms with Crippen molar-refractivity contribution in [2.24, 2.45) is 0 Å². The zero-order chi connectivity index (χ0) is 19.8. The zero-order valence-electron chi connectivity index (χ0n) is 14.3. The molecule has 0 radical (unpaired) electrons. The van der Waals surface area contributed by atoms with Gasteiger partial charge in [-0.05, 0) is 40.2 Å². The molecule has 0 saturated carbocycles. The highest BCUT2D eigenvalue weighted by atomic mass is 79.9. The van der Waals surface area contributed by atoms with Gasteiger partial charge in [-0.3, -0.25) is 9.59 Å². The van der Waals surface area contributed by atoms with Gasteiger partial charge in [0, 0.05) is 26.7 Å². The molecule has 0 heterocycles. The number of hydrogen-bond acceptors (Lipinski definition) is 4. The van der Waals surface area contributed by atoms with E-state index in [9.17, 15) is 19.5 Å². The molecule has 0 aromatic heterocycles. The molecular weight excluding hydrogens is 424 g/mol. The standard InChI is InChI=1S/C21H13BrN2O4/c22-15-7-3-4-8-16(15)23-21(28)24-17-9-13-14(10-18(17)25)20(27)12-6-2-1-5-11(12)19(13)26/h1-10,25H,(H2,23,24,28). The van der Waals surface area contributed by atoms with Crippen LogP contribution in [-0.2, 0) is 0 Å². The minimum atomic E-state index is -0.600. The summed E-state index contributed by atoms with van der Waals surface area (Å²) in [6.07, 6.45) is 0. The summed E-state index contributed by atoms with van der Waals surface area (Å²) < 4.78 is 0.692. The quantitative estimate of drug-likeness (QED) is 0.401. The molecular formula is C21H13BrN2O4. The summed E-state index contributed by atoms with van der Waals surface area (Å²) in [5, 5.41) is 15.4. The Morgan fingerprint density at radius 1 is 0.750 bits per heavy atom. The number of fused-ring (bicyclic) bond motifs is 2.